The quantitative estimate of drug-likeness (QED) is 0.762. The predicted octanol–water partition coefficient (Wildman–Crippen LogP) is 4.70. The second-order valence-corrected chi connectivity index (χ2v) is 7.48. The van der Waals surface area contributed by atoms with Crippen LogP contribution < -0.4 is 10.4 Å². The van der Waals surface area contributed by atoms with Crippen molar-refractivity contribution in [3.05, 3.63) is 85.0 Å². The third-order valence-electron chi connectivity index (χ3n) is 5.32. The minimum Gasteiger partial charge on any atom is -0.389 e. The van der Waals surface area contributed by atoms with Crippen LogP contribution in [0.5, 0.6) is 0 Å². The van der Waals surface area contributed by atoms with E-state index in [4.69, 9.17) is 4.84 Å². The van der Waals surface area contributed by atoms with Crippen LogP contribution in [0, 0.1) is 0 Å². The number of hydroxylamine groups is 1. The number of rotatable bonds is 3. The first-order valence-electron chi connectivity index (χ1n) is 10.2. The largest absolute Gasteiger partial charge is 0.389 e. The number of benzene rings is 2. The van der Waals surface area contributed by atoms with Crippen LogP contribution in [0.3, 0.4) is 0 Å². The summed E-state index contributed by atoms with van der Waals surface area (Å²) in [5, 5.41) is 14.7. The Balaban J connectivity index is 0.000000137. The van der Waals surface area contributed by atoms with Gasteiger partial charge in [0.05, 0.1) is 17.8 Å². The summed E-state index contributed by atoms with van der Waals surface area (Å²) in [5.74, 6) is 0. The third-order valence-corrected chi connectivity index (χ3v) is 5.32. The topological polar surface area (TPSA) is 44.7 Å². The maximum absolute atomic E-state index is 9.28. The minimum atomic E-state index is -0.246. The molecule has 4 aliphatic rings. The predicted molar refractivity (Wildman–Crippen MR) is 114 cm³/mol. The Morgan fingerprint density at radius 2 is 1.54 bits per heavy atom. The van der Waals surface area contributed by atoms with Crippen molar-refractivity contribution in [2.45, 2.75) is 50.0 Å². The van der Waals surface area contributed by atoms with Crippen LogP contribution in [0.2, 0.25) is 0 Å². The molecule has 1 saturated heterocycles. The molecular weight excluding hydrogens is 348 g/mol. The molecule has 2 aromatic rings. The number of nitrogens with zero attached hydrogens (tertiary/aromatic N) is 1. The molecule has 1 fully saturated rings. The maximum Gasteiger partial charge on any atom is 0.104 e. The molecule has 2 heterocycles. The smallest absolute Gasteiger partial charge is 0.104 e. The summed E-state index contributed by atoms with van der Waals surface area (Å²) >= 11 is 0. The maximum atomic E-state index is 9.28. The lowest BCUT2D eigenvalue weighted by Gasteiger charge is -2.41. The number of fused-ring (bicyclic) bond motifs is 2. The van der Waals surface area contributed by atoms with Gasteiger partial charge in [0.15, 0.2) is 0 Å². The van der Waals surface area contributed by atoms with Crippen LogP contribution in [0.25, 0.3) is 0 Å². The average Bonchev–Trinajstić information content (AvgIpc) is 2.78. The number of hydrogen-bond donors (Lipinski definition) is 2. The molecule has 2 aliphatic carbocycles. The molecule has 0 spiro atoms. The minimum absolute atomic E-state index is 0.246. The molecule has 4 nitrogen and oxygen atoms in total. The van der Waals surface area contributed by atoms with Gasteiger partial charge < -0.3 is 10.4 Å². The van der Waals surface area contributed by atoms with Gasteiger partial charge in [-0.05, 0) is 49.9 Å². The van der Waals surface area contributed by atoms with Crippen molar-refractivity contribution in [3.8, 4) is 0 Å². The molecule has 2 aliphatic heterocycles. The highest BCUT2D eigenvalue weighted by atomic mass is 16.7. The van der Waals surface area contributed by atoms with Gasteiger partial charge in [-0.1, -0.05) is 60.7 Å². The van der Waals surface area contributed by atoms with Gasteiger partial charge in [0.2, 0.25) is 0 Å². The van der Waals surface area contributed by atoms with E-state index in [-0.39, 0.29) is 6.10 Å². The van der Waals surface area contributed by atoms with Crippen LogP contribution in [-0.2, 0) is 4.84 Å². The molecule has 4 atom stereocenters. The lowest BCUT2D eigenvalue weighted by Crippen LogP contribution is -2.45. The van der Waals surface area contributed by atoms with Crippen molar-refractivity contribution in [1.82, 2.24) is 0 Å². The van der Waals surface area contributed by atoms with Crippen LogP contribution in [0.4, 0.5) is 11.4 Å². The highest BCUT2D eigenvalue weighted by Gasteiger charge is 2.30. The molecule has 146 valence electrons. The molecule has 0 saturated carbocycles. The number of aliphatic hydroxyl groups is 1. The lowest BCUT2D eigenvalue weighted by atomic mass is 9.98. The van der Waals surface area contributed by atoms with E-state index in [1.807, 2.05) is 53.6 Å². The van der Waals surface area contributed by atoms with E-state index in [1.54, 1.807) is 0 Å². The molecule has 2 aromatic carbocycles. The van der Waals surface area contributed by atoms with Gasteiger partial charge in [-0.2, -0.15) is 0 Å². The Kier molecular flexibility index (Phi) is 6.10. The first-order valence-corrected chi connectivity index (χ1v) is 10.2. The van der Waals surface area contributed by atoms with Crippen molar-refractivity contribution in [3.63, 3.8) is 0 Å². The number of para-hydroxylation sites is 2. The number of anilines is 2. The Morgan fingerprint density at radius 3 is 2.11 bits per heavy atom. The summed E-state index contributed by atoms with van der Waals surface area (Å²) in [6, 6.07) is 21.2. The van der Waals surface area contributed by atoms with Gasteiger partial charge in [-0.15, -0.1) is 0 Å². The average molecular weight is 377 g/mol. The summed E-state index contributed by atoms with van der Waals surface area (Å²) < 4.78 is 0. The molecule has 4 heteroatoms. The summed E-state index contributed by atoms with van der Waals surface area (Å²) in [7, 11) is 0. The SMILES string of the molecule is C1=CC2CCC1ON2c1ccccc1.O[C@@H]1C=CC(Nc2ccccc2)CC1. The van der Waals surface area contributed by atoms with E-state index in [9.17, 15) is 5.11 Å². The fraction of sp³-hybridized carbons (Fsp3) is 0.333. The summed E-state index contributed by atoms with van der Waals surface area (Å²) in [5.41, 5.74) is 2.30. The summed E-state index contributed by atoms with van der Waals surface area (Å²) in [4.78, 5) is 5.82. The van der Waals surface area contributed by atoms with Gasteiger partial charge in [0.1, 0.15) is 6.10 Å². The zero-order valence-electron chi connectivity index (χ0n) is 16.0. The van der Waals surface area contributed by atoms with Crippen molar-refractivity contribution < 1.29 is 9.94 Å². The van der Waals surface area contributed by atoms with Gasteiger partial charge in [-0.3, -0.25) is 4.84 Å². The molecule has 0 amide bonds. The Hall–Kier alpha value is -2.56. The zero-order chi connectivity index (χ0) is 19.2. The third kappa shape index (κ3) is 4.83. The highest BCUT2D eigenvalue weighted by Crippen LogP contribution is 2.31. The molecule has 28 heavy (non-hydrogen) atoms. The van der Waals surface area contributed by atoms with E-state index in [1.165, 1.54) is 6.42 Å². The highest BCUT2D eigenvalue weighted by molar-refractivity contribution is 5.47. The number of nitrogens with one attached hydrogen (secondary N) is 1. The van der Waals surface area contributed by atoms with Gasteiger partial charge in [-0.25, -0.2) is 5.06 Å². The van der Waals surface area contributed by atoms with Crippen LogP contribution in [0.15, 0.2) is 85.0 Å². The molecule has 0 radical (unpaired) electrons. The second kappa shape index (κ2) is 9.09. The van der Waals surface area contributed by atoms with Crippen molar-refractivity contribution in [1.29, 1.82) is 0 Å². The van der Waals surface area contributed by atoms with Crippen molar-refractivity contribution in [2.24, 2.45) is 0 Å². The van der Waals surface area contributed by atoms with Crippen LogP contribution in [-0.4, -0.2) is 29.4 Å². The molecule has 0 aromatic heterocycles. The van der Waals surface area contributed by atoms with E-state index in [2.05, 4.69) is 41.7 Å². The van der Waals surface area contributed by atoms with Crippen molar-refractivity contribution >= 4 is 11.4 Å². The Bertz CT molecular complexity index is 789. The van der Waals surface area contributed by atoms with Crippen LogP contribution in [0.1, 0.15) is 25.7 Å². The Labute approximate surface area is 167 Å². The van der Waals surface area contributed by atoms with E-state index in [0.717, 1.165) is 30.6 Å². The van der Waals surface area contributed by atoms with E-state index >= 15 is 0 Å². The number of hydrogen-bond acceptors (Lipinski definition) is 4. The molecule has 3 unspecified atom stereocenters. The lowest BCUT2D eigenvalue weighted by molar-refractivity contribution is 0.00353. The van der Waals surface area contributed by atoms with Gasteiger partial charge >= 0.3 is 0 Å². The van der Waals surface area contributed by atoms with Crippen molar-refractivity contribution in [2.75, 3.05) is 10.4 Å². The zero-order valence-corrected chi connectivity index (χ0v) is 16.0. The fourth-order valence-corrected chi connectivity index (χ4v) is 3.79. The Morgan fingerprint density at radius 1 is 0.786 bits per heavy atom. The van der Waals surface area contributed by atoms with E-state index < -0.39 is 0 Å². The monoisotopic (exact) mass is 376 g/mol. The normalized spacial score (nSPS) is 27.8. The van der Waals surface area contributed by atoms with Gasteiger partial charge in [0, 0.05) is 11.7 Å². The van der Waals surface area contributed by atoms with Crippen LogP contribution >= 0.6 is 0 Å². The summed E-state index contributed by atoms with van der Waals surface area (Å²) in [6.07, 6.45) is 12.6. The molecule has 2 bridgehead atoms. The molecule has 2 N–H and O–H groups in total. The first-order chi connectivity index (χ1) is 13.8. The fourth-order valence-electron chi connectivity index (χ4n) is 3.79. The summed E-state index contributed by atoms with van der Waals surface area (Å²) in [6.45, 7) is 0. The first kappa shape index (κ1) is 18.8. The van der Waals surface area contributed by atoms with E-state index in [0.29, 0.717) is 18.2 Å². The number of aliphatic hydroxyl groups excluding tert-OH is 1. The van der Waals surface area contributed by atoms with Gasteiger partial charge in [0.25, 0.3) is 0 Å². The molecular formula is C24H28N2O2. The second-order valence-electron chi connectivity index (χ2n) is 7.48. The molecule has 6 rings (SSSR count). The standard InChI is InChI=1S/C12H13NO.C12H15NO/c1-2-4-10(5-3-1)13-11-6-8-12(14-13)9-7-11;14-12-8-6-11(7-9-12)13-10-4-2-1-3-5-10/h1-6,8,11-12H,7,9H2;1-6,8,11-14H,7,9H2/t;11?,12-/m.1/s1.